The summed E-state index contributed by atoms with van der Waals surface area (Å²) in [6, 6.07) is 57.2. The average molecular weight is 1380 g/mol. The molecule has 0 spiro atoms. The highest BCUT2D eigenvalue weighted by atomic mass is 16.5. The minimum Gasteiger partial charge on any atom is -0.456 e. The van der Waals surface area contributed by atoms with E-state index >= 15 is 0 Å². The van der Waals surface area contributed by atoms with Gasteiger partial charge in [-0.05, 0) is 161 Å². The first-order valence-corrected chi connectivity index (χ1v) is 35.7. The maximum atomic E-state index is 12.0. The Morgan fingerprint density at radius 2 is 0.896 bits per heavy atom. The van der Waals surface area contributed by atoms with E-state index in [1.165, 1.54) is 4.57 Å². The van der Waals surface area contributed by atoms with Gasteiger partial charge >= 0.3 is 0 Å². The van der Waals surface area contributed by atoms with E-state index in [1.54, 1.807) is 4.57 Å². The lowest BCUT2D eigenvalue weighted by atomic mass is 9.31. The molecule has 15 aromatic carbocycles. The molecule has 0 amide bonds. The highest BCUT2D eigenvalue weighted by Gasteiger charge is 2.51. The quantitative estimate of drug-likeness (QED) is 0.149. The topological polar surface area (TPSA) is 38.7 Å². The van der Waals surface area contributed by atoms with Gasteiger partial charge in [0.05, 0.1) is 58.3 Å². The maximum absolute atomic E-state index is 12.0. The zero-order chi connectivity index (χ0) is 86.3. The summed E-state index contributed by atoms with van der Waals surface area (Å²) in [6.07, 6.45) is 0. The fourth-order valence-electron chi connectivity index (χ4n) is 17.2. The zero-order valence-electron chi connectivity index (χ0n) is 76.4. The molecule has 0 bridgehead atoms. The van der Waals surface area contributed by atoms with Gasteiger partial charge in [-0.1, -0.05) is 278 Å². The fourth-order valence-corrected chi connectivity index (χ4v) is 17.2. The molecule has 0 N–H and O–H groups in total. The summed E-state index contributed by atoms with van der Waals surface area (Å²) in [5, 5.41) is 0.892. The number of hydrogen-bond donors (Lipinski definition) is 0. The first kappa shape index (κ1) is 45.4. The molecular formula is C98H70B2N4O2. The van der Waals surface area contributed by atoms with E-state index in [0.717, 1.165) is 49.7 Å². The number of ether oxygens (including phenoxy) is 1. The van der Waals surface area contributed by atoms with Crippen molar-refractivity contribution in [2.24, 2.45) is 0 Å². The number of benzene rings is 15. The van der Waals surface area contributed by atoms with Crippen LogP contribution in [-0.4, -0.2) is 22.6 Å². The molecule has 0 fully saturated rings. The van der Waals surface area contributed by atoms with Crippen LogP contribution in [0.2, 0.25) is 0 Å². The van der Waals surface area contributed by atoms with Gasteiger partial charge in [0, 0.05) is 83.0 Å². The van der Waals surface area contributed by atoms with Gasteiger partial charge in [0.15, 0.2) is 5.58 Å². The van der Waals surface area contributed by atoms with Crippen LogP contribution in [0.1, 0.15) is 77.3 Å². The summed E-state index contributed by atoms with van der Waals surface area (Å²) in [5.41, 5.74) is 10.8. The van der Waals surface area contributed by atoms with Crippen LogP contribution >= 0.6 is 0 Å². The van der Waals surface area contributed by atoms with Gasteiger partial charge in [0.25, 0.3) is 13.4 Å². The Kier molecular flexibility index (Phi) is 9.57. The van der Waals surface area contributed by atoms with Crippen molar-refractivity contribution in [3.05, 3.63) is 326 Å². The van der Waals surface area contributed by atoms with E-state index in [0.29, 0.717) is 83.9 Å². The van der Waals surface area contributed by atoms with Gasteiger partial charge in [-0.15, -0.1) is 0 Å². The number of fused-ring (bicyclic) bond motifs is 18. The molecule has 0 saturated heterocycles. The second kappa shape index (κ2) is 22.4. The van der Waals surface area contributed by atoms with Gasteiger partial charge in [0.2, 0.25) is 0 Å². The Balaban J connectivity index is 1.01. The number of furan rings is 1. The van der Waals surface area contributed by atoms with Crippen molar-refractivity contribution < 1.29 is 33.8 Å². The van der Waals surface area contributed by atoms with Gasteiger partial charge in [0.1, 0.15) is 17.1 Å². The molecule has 0 radical (unpaired) electrons. The van der Waals surface area contributed by atoms with Crippen LogP contribution in [0.25, 0.3) is 121 Å². The van der Waals surface area contributed by atoms with Crippen LogP contribution in [0.4, 0.5) is 34.1 Å². The van der Waals surface area contributed by atoms with Crippen molar-refractivity contribution in [2.45, 2.75) is 52.4 Å². The van der Waals surface area contributed by atoms with Gasteiger partial charge < -0.3 is 28.1 Å². The van der Waals surface area contributed by atoms with Crippen LogP contribution in [0.15, 0.2) is 319 Å². The maximum Gasteiger partial charge on any atom is 0.256 e. The van der Waals surface area contributed by atoms with Crippen molar-refractivity contribution in [1.29, 1.82) is 0 Å². The SMILES string of the molecule is [2H]c1c([2H])c(-n2c3c([2H])c([2H])c([2H])c([2H])c3c3c([2H])c([2H])c([2H])c([2H])c32)c([2H])c2c1B1c3cc4c5c(c3N(c3c(-c6ccccc6)ccc6c3oc3ccccc36)c3cc(C(C)(C)C)cc(c31)N2c1c(-c2ccccc2)cc(C(C)(C)C)cc1-c1ccccc1)Oc1cc(-c2ccccc2)ccc1B5c1c([2H])c([2H])c([2H])c2c3c([2H])c([2H])c([2H])c([2H])c3n-4c12. The smallest absolute Gasteiger partial charge is 0.256 e. The molecule has 6 nitrogen and oxygen atoms in total. The Bertz CT molecular complexity index is 7780. The molecule has 4 aliphatic rings. The summed E-state index contributed by atoms with van der Waals surface area (Å²) in [5.74, 6) is 0.498. The molecule has 3 aromatic heterocycles. The first-order valence-electron chi connectivity index (χ1n) is 44.7. The molecule has 22 rings (SSSR count). The molecule has 4 aliphatic heterocycles. The number of rotatable bonds is 7. The van der Waals surface area contributed by atoms with Crippen LogP contribution < -0.4 is 47.3 Å². The van der Waals surface area contributed by atoms with Gasteiger partial charge in [-0.25, -0.2) is 0 Å². The average Bonchev–Trinajstić information content (AvgIpc) is 1.18. The monoisotopic (exact) mass is 1370 g/mol. The second-order valence-corrected chi connectivity index (χ2v) is 30.1. The third-order valence-electron chi connectivity index (χ3n) is 22.1. The summed E-state index contributed by atoms with van der Waals surface area (Å²) in [7, 11) is 0. The number of aromatic nitrogens is 2. The largest absolute Gasteiger partial charge is 0.456 e. The standard InChI is InChI=1S/C98H70B2N4O2/c1-97(2,3)64-53-74(61-32-15-9-16-33-61)91(75(54-64)62-34-17-10-18-35-62)103-83-57-66(101-80-42-23-19-36-68(80)69-37-20-24-43-81(69)101)47-51-76(83)99-79-58-86-90-96(106-88-52-63(59-28-11-7-12-29-59)46-50-77(88)100(90)78-41-27-40-72-70-38-21-25-44-82(70)102(86)92(72)78)94(79)104(85-56-65(98(4,5)6)55-84(103)89(85)99)93-67(60-30-13-8-14-31-60)48-49-73-71-39-22-26-45-87(71)105-95(73)93/h7-58H,1-6H3/i19D,20D,21D,23D,24D,25D,27D,36D,37D,38D,40D,41D,42D,43D,44D,47D,51D,57D. The minimum absolute atomic E-state index is 0.0132. The van der Waals surface area contributed by atoms with E-state index in [9.17, 15) is 24.7 Å². The molecule has 8 heteroatoms. The molecular weight excluding hydrogens is 1290 g/mol. The van der Waals surface area contributed by atoms with E-state index < -0.39 is 133 Å². The molecule has 0 unspecified atom stereocenters. The van der Waals surface area contributed by atoms with Crippen molar-refractivity contribution in [3.63, 3.8) is 0 Å². The number of anilines is 6. The summed E-state index contributed by atoms with van der Waals surface area (Å²) >= 11 is 0. The van der Waals surface area contributed by atoms with E-state index in [1.807, 2.05) is 175 Å². The molecule has 18 aromatic rings. The Morgan fingerprint density at radius 1 is 0.349 bits per heavy atom. The Hall–Kier alpha value is -12.8. The Morgan fingerprint density at radius 3 is 1.54 bits per heavy atom. The summed E-state index contributed by atoms with van der Waals surface area (Å²) < 4.78 is 200. The van der Waals surface area contributed by atoms with E-state index in [2.05, 4.69) is 82.8 Å². The summed E-state index contributed by atoms with van der Waals surface area (Å²) in [4.78, 5) is 4.20. The number of para-hydroxylation sites is 5. The highest BCUT2D eigenvalue weighted by Crippen LogP contribution is 2.57. The van der Waals surface area contributed by atoms with E-state index in [4.69, 9.17) is 9.15 Å². The first-order chi connectivity index (χ1) is 59.4. The lowest BCUT2D eigenvalue weighted by Crippen LogP contribution is -2.64. The van der Waals surface area contributed by atoms with Crippen LogP contribution in [0.5, 0.6) is 11.5 Å². The fraction of sp³-hybridized carbons (Fsp3) is 0.0816. The van der Waals surface area contributed by atoms with Gasteiger partial charge in [-0.3, -0.25) is 0 Å². The molecule has 500 valence electrons. The zero-order valence-corrected chi connectivity index (χ0v) is 58.4. The molecule has 7 heterocycles. The molecule has 0 saturated carbocycles. The van der Waals surface area contributed by atoms with Crippen LogP contribution in [0, 0.1) is 0 Å². The molecule has 106 heavy (non-hydrogen) atoms. The van der Waals surface area contributed by atoms with Crippen molar-refractivity contribution in [2.75, 3.05) is 9.80 Å². The number of nitrogens with zero attached hydrogens (tertiary/aromatic N) is 4. The summed E-state index contributed by atoms with van der Waals surface area (Å²) in [6.45, 7) is 10.3. The van der Waals surface area contributed by atoms with Crippen LogP contribution in [0.3, 0.4) is 0 Å². The normalized spacial score (nSPS) is 15.8. The third-order valence-corrected chi connectivity index (χ3v) is 22.1. The molecule has 0 aliphatic carbocycles. The van der Waals surface area contributed by atoms with Crippen LogP contribution in [-0.2, 0) is 10.8 Å². The lowest BCUT2D eigenvalue weighted by Gasteiger charge is -2.47. The minimum atomic E-state index is -1.37. The van der Waals surface area contributed by atoms with Crippen molar-refractivity contribution in [3.8, 4) is 67.4 Å². The van der Waals surface area contributed by atoms with E-state index in [-0.39, 0.29) is 77.7 Å². The third kappa shape index (κ3) is 8.70. The van der Waals surface area contributed by atoms with Gasteiger partial charge in [-0.2, -0.15) is 0 Å². The number of hydrogen-bond acceptors (Lipinski definition) is 4. The lowest BCUT2D eigenvalue weighted by molar-refractivity contribution is 0.489. The molecule has 0 atom stereocenters. The second-order valence-electron chi connectivity index (χ2n) is 30.1. The predicted molar refractivity (Wildman–Crippen MR) is 447 cm³/mol. The van der Waals surface area contributed by atoms with Crippen molar-refractivity contribution in [1.82, 2.24) is 9.13 Å². The predicted octanol–water partition coefficient (Wildman–Crippen LogP) is 22.1. The highest BCUT2D eigenvalue weighted by molar-refractivity contribution is 7.02. The Labute approximate surface area is 641 Å². The van der Waals surface area contributed by atoms with Crippen molar-refractivity contribution >= 4 is 146 Å².